The summed E-state index contributed by atoms with van der Waals surface area (Å²) in [6.45, 7) is 4.81. The van der Waals surface area contributed by atoms with Gasteiger partial charge in [-0.05, 0) is 13.0 Å². The van der Waals surface area contributed by atoms with Gasteiger partial charge in [0, 0.05) is 11.8 Å². The molecule has 0 aromatic heterocycles. The highest BCUT2D eigenvalue weighted by molar-refractivity contribution is 5.88. The first-order valence-electron chi connectivity index (χ1n) is 2.27. The molecular weight excluding hydrogens is 102 g/mol. The number of allylic oxidation sites excluding steroid dienone is 2. The van der Waals surface area contributed by atoms with Crippen LogP contribution in [0.25, 0.3) is 0 Å². The molecule has 8 heavy (non-hydrogen) atoms. The van der Waals surface area contributed by atoms with Crippen LogP contribution in [0.2, 0.25) is 0 Å². The third-order valence-corrected chi connectivity index (χ3v) is 0.606. The van der Waals surface area contributed by atoms with Crippen molar-refractivity contribution in [3.05, 3.63) is 24.4 Å². The van der Waals surface area contributed by atoms with E-state index in [1.807, 2.05) is 0 Å². The molecular formula is C6H9NO. The van der Waals surface area contributed by atoms with E-state index in [4.69, 9.17) is 5.73 Å². The molecule has 2 nitrogen and oxygen atoms in total. The zero-order chi connectivity index (χ0) is 6.57. The number of carbonyl (C=O) groups excluding carboxylic acids is 1. The van der Waals surface area contributed by atoms with Gasteiger partial charge in [-0.15, -0.1) is 0 Å². The molecule has 0 radical (unpaired) electrons. The average molecular weight is 111 g/mol. The van der Waals surface area contributed by atoms with E-state index in [0.717, 1.165) is 0 Å². The molecule has 0 rings (SSSR count). The molecule has 0 aromatic rings. The molecule has 2 N–H and O–H groups in total. The minimum atomic E-state index is -0.0533. The minimum absolute atomic E-state index is 0.0533. The average Bonchev–Trinajstić information content (AvgIpc) is 1.65. The lowest BCUT2D eigenvalue weighted by atomic mass is 10.3. The highest BCUT2D eigenvalue weighted by Crippen LogP contribution is 1.82. The molecule has 0 heterocycles. The quantitative estimate of drug-likeness (QED) is 0.419. The second kappa shape index (κ2) is 3.02. The molecule has 0 aromatic carbocycles. The highest BCUT2D eigenvalue weighted by atomic mass is 16.1. The molecule has 0 saturated carbocycles. The standard InChI is InChI=1S/C6H9NO/c1-3-6(7)4-5(2)8/h3-4H,1,7H2,2H3. The molecule has 0 atom stereocenters. The number of nitrogens with two attached hydrogens (primary N) is 1. The third kappa shape index (κ3) is 3.15. The molecule has 0 spiro atoms. The fourth-order valence-corrected chi connectivity index (χ4v) is 0.294. The number of ketones is 1. The molecule has 2 heteroatoms. The van der Waals surface area contributed by atoms with Crippen LogP contribution in [0.5, 0.6) is 0 Å². The number of carbonyl (C=O) groups is 1. The molecule has 0 fully saturated rings. The van der Waals surface area contributed by atoms with E-state index in [9.17, 15) is 4.79 Å². The summed E-state index contributed by atoms with van der Waals surface area (Å²) in [4.78, 5) is 10.2. The number of hydrogen-bond donors (Lipinski definition) is 1. The molecule has 0 bridgehead atoms. The van der Waals surface area contributed by atoms with Gasteiger partial charge in [0.15, 0.2) is 5.78 Å². The van der Waals surface area contributed by atoms with Crippen molar-refractivity contribution in [1.82, 2.24) is 0 Å². The summed E-state index contributed by atoms with van der Waals surface area (Å²) in [5.74, 6) is -0.0533. The second-order valence-corrected chi connectivity index (χ2v) is 1.46. The minimum Gasteiger partial charge on any atom is -0.399 e. The van der Waals surface area contributed by atoms with E-state index in [-0.39, 0.29) is 5.78 Å². The zero-order valence-electron chi connectivity index (χ0n) is 4.85. The second-order valence-electron chi connectivity index (χ2n) is 1.46. The Balaban J connectivity index is 3.94. The molecule has 0 aliphatic carbocycles. The maximum Gasteiger partial charge on any atom is 0.154 e. The van der Waals surface area contributed by atoms with Gasteiger partial charge in [0.1, 0.15) is 0 Å². The van der Waals surface area contributed by atoms with Crippen molar-refractivity contribution >= 4 is 5.78 Å². The maximum absolute atomic E-state index is 10.2. The first-order chi connectivity index (χ1) is 3.66. The fraction of sp³-hybridized carbons (Fsp3) is 0.167. The Bertz CT molecular complexity index is 135. The van der Waals surface area contributed by atoms with Crippen LogP contribution in [0, 0.1) is 0 Å². The predicted octanol–water partition coefficient (Wildman–Crippen LogP) is 0.604. The van der Waals surface area contributed by atoms with Gasteiger partial charge in [0.05, 0.1) is 0 Å². The van der Waals surface area contributed by atoms with Crippen molar-refractivity contribution in [1.29, 1.82) is 0 Å². The van der Waals surface area contributed by atoms with Gasteiger partial charge >= 0.3 is 0 Å². The van der Waals surface area contributed by atoms with Gasteiger partial charge in [-0.2, -0.15) is 0 Å². The fourth-order valence-electron chi connectivity index (χ4n) is 0.294. The largest absolute Gasteiger partial charge is 0.399 e. The van der Waals surface area contributed by atoms with Gasteiger partial charge < -0.3 is 5.73 Å². The number of hydrogen-bond acceptors (Lipinski definition) is 2. The topological polar surface area (TPSA) is 43.1 Å². The van der Waals surface area contributed by atoms with Crippen LogP contribution in [0.3, 0.4) is 0 Å². The lowest BCUT2D eigenvalue weighted by Crippen LogP contribution is -1.95. The Kier molecular flexibility index (Phi) is 2.62. The van der Waals surface area contributed by atoms with Crippen LogP contribution in [0.4, 0.5) is 0 Å². The van der Waals surface area contributed by atoms with Crippen LogP contribution in [-0.2, 0) is 4.79 Å². The predicted molar refractivity (Wildman–Crippen MR) is 33.1 cm³/mol. The molecule has 0 saturated heterocycles. The summed E-state index contributed by atoms with van der Waals surface area (Å²) >= 11 is 0. The molecule has 0 unspecified atom stereocenters. The SMILES string of the molecule is C=CC(N)=CC(C)=O. The summed E-state index contributed by atoms with van der Waals surface area (Å²) in [7, 11) is 0. The first kappa shape index (κ1) is 6.95. The van der Waals surface area contributed by atoms with E-state index in [1.165, 1.54) is 19.1 Å². The Labute approximate surface area is 48.7 Å². The van der Waals surface area contributed by atoms with Gasteiger partial charge in [-0.25, -0.2) is 0 Å². The third-order valence-electron chi connectivity index (χ3n) is 0.606. The Hall–Kier alpha value is -1.05. The summed E-state index contributed by atoms with van der Waals surface area (Å²) in [5, 5.41) is 0. The van der Waals surface area contributed by atoms with E-state index in [1.54, 1.807) is 0 Å². The smallest absolute Gasteiger partial charge is 0.154 e. The molecule has 44 valence electrons. The van der Waals surface area contributed by atoms with Crippen LogP contribution in [-0.4, -0.2) is 5.78 Å². The summed E-state index contributed by atoms with van der Waals surface area (Å²) < 4.78 is 0. The summed E-state index contributed by atoms with van der Waals surface area (Å²) in [5.41, 5.74) is 5.61. The van der Waals surface area contributed by atoms with Crippen molar-refractivity contribution in [3.8, 4) is 0 Å². The van der Waals surface area contributed by atoms with E-state index in [2.05, 4.69) is 6.58 Å². The van der Waals surface area contributed by atoms with Crippen molar-refractivity contribution in [2.24, 2.45) is 5.73 Å². The van der Waals surface area contributed by atoms with Crippen molar-refractivity contribution < 1.29 is 4.79 Å². The van der Waals surface area contributed by atoms with Crippen LogP contribution in [0.15, 0.2) is 24.4 Å². The molecule has 0 aliphatic rings. The summed E-state index contributed by atoms with van der Waals surface area (Å²) in [6.07, 6.45) is 2.76. The van der Waals surface area contributed by atoms with E-state index >= 15 is 0 Å². The van der Waals surface area contributed by atoms with Crippen LogP contribution >= 0.6 is 0 Å². The van der Waals surface area contributed by atoms with E-state index < -0.39 is 0 Å². The zero-order valence-corrected chi connectivity index (χ0v) is 4.85. The van der Waals surface area contributed by atoms with Crippen LogP contribution in [0.1, 0.15) is 6.92 Å². The highest BCUT2D eigenvalue weighted by Gasteiger charge is 1.83. The van der Waals surface area contributed by atoms with Crippen molar-refractivity contribution in [2.45, 2.75) is 6.92 Å². The van der Waals surface area contributed by atoms with Gasteiger partial charge in [-0.3, -0.25) is 4.79 Å². The first-order valence-corrected chi connectivity index (χ1v) is 2.27. The Morgan fingerprint density at radius 2 is 2.25 bits per heavy atom. The molecule has 0 aliphatic heterocycles. The van der Waals surface area contributed by atoms with Gasteiger partial charge in [0.2, 0.25) is 0 Å². The monoisotopic (exact) mass is 111 g/mol. The van der Waals surface area contributed by atoms with Gasteiger partial charge in [-0.1, -0.05) is 6.58 Å². The summed E-state index contributed by atoms with van der Waals surface area (Å²) in [6, 6.07) is 0. The maximum atomic E-state index is 10.2. The van der Waals surface area contributed by atoms with Gasteiger partial charge in [0.25, 0.3) is 0 Å². The molecule has 0 amide bonds. The Morgan fingerprint density at radius 1 is 1.75 bits per heavy atom. The van der Waals surface area contributed by atoms with Crippen molar-refractivity contribution in [3.63, 3.8) is 0 Å². The Morgan fingerprint density at radius 3 is 2.38 bits per heavy atom. The number of rotatable bonds is 2. The normalized spacial score (nSPS) is 10.9. The van der Waals surface area contributed by atoms with Crippen molar-refractivity contribution in [2.75, 3.05) is 0 Å². The lowest BCUT2D eigenvalue weighted by Gasteiger charge is -1.84. The van der Waals surface area contributed by atoms with Crippen LogP contribution < -0.4 is 5.73 Å². The lowest BCUT2D eigenvalue weighted by molar-refractivity contribution is -0.112. The van der Waals surface area contributed by atoms with E-state index in [0.29, 0.717) is 5.70 Å².